The molecular formula is C18H22N4O3. The monoisotopic (exact) mass is 342 g/mol. The van der Waals surface area contributed by atoms with Gasteiger partial charge in [-0.3, -0.25) is 0 Å². The molecule has 1 aliphatic heterocycles. The third-order valence-corrected chi connectivity index (χ3v) is 4.45. The lowest BCUT2D eigenvalue weighted by atomic mass is 10.0. The lowest BCUT2D eigenvalue weighted by Crippen LogP contribution is -2.41. The molecular weight excluding hydrogens is 320 g/mol. The quantitative estimate of drug-likeness (QED) is 0.790. The Bertz CT molecular complexity index is 740. The van der Waals surface area contributed by atoms with Crippen molar-refractivity contribution in [2.24, 2.45) is 0 Å². The van der Waals surface area contributed by atoms with Gasteiger partial charge in [-0.1, -0.05) is 12.1 Å². The summed E-state index contributed by atoms with van der Waals surface area (Å²) in [4.78, 5) is 16.7. The van der Waals surface area contributed by atoms with Crippen molar-refractivity contribution in [2.45, 2.75) is 18.9 Å². The maximum atomic E-state index is 11.0. The van der Waals surface area contributed by atoms with Crippen LogP contribution < -0.4 is 15.8 Å². The SMILES string of the molecule is COc1ccc(-c2cnc(N)cc2NC2CCN(C(=O)O)CC2)cc1. The molecule has 2 heterocycles. The molecule has 7 heteroatoms. The number of likely N-dealkylation sites (tertiary alicyclic amines) is 1. The molecule has 0 saturated carbocycles. The summed E-state index contributed by atoms with van der Waals surface area (Å²) in [6.45, 7) is 1.07. The van der Waals surface area contributed by atoms with Crippen LogP contribution in [-0.4, -0.2) is 47.3 Å². The van der Waals surface area contributed by atoms with Crippen LogP contribution >= 0.6 is 0 Å². The van der Waals surface area contributed by atoms with E-state index in [1.54, 1.807) is 13.3 Å². The van der Waals surface area contributed by atoms with Gasteiger partial charge in [0.15, 0.2) is 0 Å². The molecule has 1 amide bonds. The maximum absolute atomic E-state index is 11.0. The fourth-order valence-electron chi connectivity index (χ4n) is 3.03. The van der Waals surface area contributed by atoms with E-state index >= 15 is 0 Å². The number of nitrogens with one attached hydrogen (secondary N) is 1. The van der Waals surface area contributed by atoms with Crippen molar-refractivity contribution in [3.8, 4) is 16.9 Å². The molecule has 0 bridgehead atoms. The van der Waals surface area contributed by atoms with E-state index in [9.17, 15) is 4.79 Å². The van der Waals surface area contributed by atoms with Crippen molar-refractivity contribution in [2.75, 3.05) is 31.2 Å². The zero-order valence-corrected chi connectivity index (χ0v) is 14.1. The molecule has 25 heavy (non-hydrogen) atoms. The third-order valence-electron chi connectivity index (χ3n) is 4.45. The van der Waals surface area contributed by atoms with Crippen molar-refractivity contribution < 1.29 is 14.6 Å². The number of piperidine rings is 1. The smallest absolute Gasteiger partial charge is 0.407 e. The van der Waals surface area contributed by atoms with Gasteiger partial charge in [0.05, 0.1) is 7.11 Å². The van der Waals surface area contributed by atoms with Gasteiger partial charge in [-0.15, -0.1) is 0 Å². The molecule has 0 unspecified atom stereocenters. The van der Waals surface area contributed by atoms with Gasteiger partial charge in [0.2, 0.25) is 0 Å². The molecule has 0 atom stereocenters. The zero-order valence-electron chi connectivity index (χ0n) is 14.1. The highest BCUT2D eigenvalue weighted by Crippen LogP contribution is 2.31. The highest BCUT2D eigenvalue weighted by atomic mass is 16.5. The molecule has 0 aliphatic carbocycles. The molecule has 0 spiro atoms. The molecule has 132 valence electrons. The number of nitrogens with two attached hydrogens (primary N) is 1. The highest BCUT2D eigenvalue weighted by molar-refractivity contribution is 5.79. The number of ether oxygens (including phenoxy) is 1. The predicted octanol–water partition coefficient (Wildman–Crippen LogP) is 2.89. The highest BCUT2D eigenvalue weighted by Gasteiger charge is 2.23. The standard InChI is InChI=1S/C18H22N4O3/c1-25-14-4-2-12(3-5-14)15-11-20-17(19)10-16(15)21-13-6-8-22(9-7-13)18(23)24/h2-5,10-11,13H,6-9H2,1H3,(H,23,24)(H3,19,20,21). The van der Waals surface area contributed by atoms with Gasteiger partial charge in [-0.05, 0) is 30.5 Å². The fourth-order valence-corrected chi connectivity index (χ4v) is 3.03. The first-order chi connectivity index (χ1) is 12.1. The largest absolute Gasteiger partial charge is 0.497 e. The number of hydrogen-bond donors (Lipinski definition) is 3. The number of carboxylic acid groups (broad SMARTS) is 1. The molecule has 0 radical (unpaired) electrons. The number of methoxy groups -OCH3 is 1. The minimum Gasteiger partial charge on any atom is -0.497 e. The second kappa shape index (κ2) is 7.29. The first-order valence-electron chi connectivity index (χ1n) is 8.21. The van der Waals surface area contributed by atoms with E-state index in [1.165, 1.54) is 4.90 Å². The number of benzene rings is 1. The summed E-state index contributed by atoms with van der Waals surface area (Å²) in [5.74, 6) is 1.24. The Balaban J connectivity index is 1.79. The van der Waals surface area contributed by atoms with Crippen LogP contribution in [0.4, 0.5) is 16.3 Å². The molecule has 4 N–H and O–H groups in total. The summed E-state index contributed by atoms with van der Waals surface area (Å²) in [6, 6.07) is 9.79. The zero-order chi connectivity index (χ0) is 17.8. The first-order valence-corrected chi connectivity index (χ1v) is 8.21. The van der Waals surface area contributed by atoms with Gasteiger partial charge >= 0.3 is 6.09 Å². The Morgan fingerprint density at radius 3 is 2.60 bits per heavy atom. The van der Waals surface area contributed by atoms with Crippen molar-refractivity contribution in [3.63, 3.8) is 0 Å². The molecule has 1 aromatic heterocycles. The van der Waals surface area contributed by atoms with Gasteiger partial charge in [-0.2, -0.15) is 0 Å². The fraction of sp³-hybridized carbons (Fsp3) is 0.333. The van der Waals surface area contributed by atoms with E-state index in [-0.39, 0.29) is 6.04 Å². The van der Waals surface area contributed by atoms with Crippen LogP contribution in [-0.2, 0) is 0 Å². The molecule has 1 aromatic carbocycles. The molecule has 2 aromatic rings. The van der Waals surface area contributed by atoms with Gasteiger partial charge in [0, 0.05) is 42.6 Å². The Hall–Kier alpha value is -2.96. The maximum Gasteiger partial charge on any atom is 0.407 e. The summed E-state index contributed by atoms with van der Waals surface area (Å²) < 4.78 is 5.20. The van der Waals surface area contributed by atoms with Gasteiger partial charge in [-0.25, -0.2) is 9.78 Å². The molecule has 1 fully saturated rings. The number of anilines is 2. The third kappa shape index (κ3) is 3.93. The Morgan fingerprint density at radius 1 is 1.32 bits per heavy atom. The van der Waals surface area contributed by atoms with Gasteiger partial charge in [0.25, 0.3) is 0 Å². The molecule has 1 aliphatic rings. The van der Waals surface area contributed by atoms with E-state index in [0.717, 1.165) is 35.4 Å². The number of hydrogen-bond acceptors (Lipinski definition) is 5. The predicted molar refractivity (Wildman–Crippen MR) is 96.9 cm³/mol. The summed E-state index contributed by atoms with van der Waals surface area (Å²) in [6.07, 6.45) is 2.42. The number of pyridine rings is 1. The topological polar surface area (TPSA) is 101 Å². The number of aromatic nitrogens is 1. The molecule has 1 saturated heterocycles. The Kier molecular flexibility index (Phi) is 4.92. The Labute approximate surface area is 146 Å². The van der Waals surface area contributed by atoms with Gasteiger partial charge < -0.3 is 25.8 Å². The van der Waals surface area contributed by atoms with Crippen LogP contribution in [0.1, 0.15) is 12.8 Å². The summed E-state index contributed by atoms with van der Waals surface area (Å²) >= 11 is 0. The number of rotatable bonds is 4. The minimum absolute atomic E-state index is 0.203. The number of nitrogen functional groups attached to an aromatic ring is 1. The summed E-state index contributed by atoms with van der Waals surface area (Å²) in [5, 5.41) is 12.6. The lowest BCUT2D eigenvalue weighted by Gasteiger charge is -2.31. The van der Waals surface area contributed by atoms with Crippen LogP contribution in [0.2, 0.25) is 0 Å². The number of nitrogens with zero attached hydrogens (tertiary/aromatic N) is 2. The normalized spacial score (nSPS) is 15.0. The van der Waals surface area contributed by atoms with E-state index in [1.807, 2.05) is 30.3 Å². The average Bonchev–Trinajstić information content (AvgIpc) is 2.62. The van der Waals surface area contributed by atoms with Crippen LogP contribution in [0.3, 0.4) is 0 Å². The lowest BCUT2D eigenvalue weighted by molar-refractivity contribution is 0.134. The van der Waals surface area contributed by atoms with Crippen LogP contribution in [0.25, 0.3) is 11.1 Å². The molecule has 7 nitrogen and oxygen atoms in total. The van der Waals surface area contributed by atoms with Crippen molar-refractivity contribution >= 4 is 17.6 Å². The molecule has 3 rings (SSSR count). The van der Waals surface area contributed by atoms with Crippen molar-refractivity contribution in [3.05, 3.63) is 36.5 Å². The second-order valence-corrected chi connectivity index (χ2v) is 6.07. The van der Waals surface area contributed by atoms with Gasteiger partial charge in [0.1, 0.15) is 11.6 Å². The van der Waals surface area contributed by atoms with Crippen molar-refractivity contribution in [1.29, 1.82) is 0 Å². The summed E-state index contributed by atoms with van der Waals surface area (Å²) in [5.41, 5.74) is 8.74. The minimum atomic E-state index is -0.856. The van der Waals surface area contributed by atoms with E-state index < -0.39 is 6.09 Å². The average molecular weight is 342 g/mol. The van der Waals surface area contributed by atoms with Crippen molar-refractivity contribution in [1.82, 2.24) is 9.88 Å². The second-order valence-electron chi connectivity index (χ2n) is 6.07. The summed E-state index contributed by atoms with van der Waals surface area (Å²) in [7, 11) is 1.64. The van der Waals surface area contributed by atoms with E-state index in [0.29, 0.717) is 18.9 Å². The van der Waals surface area contributed by atoms with E-state index in [4.69, 9.17) is 15.6 Å². The van der Waals surface area contributed by atoms with Crippen LogP contribution in [0.5, 0.6) is 5.75 Å². The first kappa shape index (κ1) is 16.9. The number of carbonyl (C=O) groups is 1. The van der Waals surface area contributed by atoms with Crippen LogP contribution in [0, 0.1) is 0 Å². The van der Waals surface area contributed by atoms with E-state index in [2.05, 4.69) is 10.3 Å². The number of amides is 1. The van der Waals surface area contributed by atoms with Crippen LogP contribution in [0.15, 0.2) is 36.5 Å². The Morgan fingerprint density at radius 2 is 2.00 bits per heavy atom.